The Morgan fingerprint density at radius 3 is 1.20 bits per heavy atom. The number of carboxylic acids is 1. The van der Waals surface area contributed by atoms with E-state index < -0.39 is 12.1 Å². The largest absolute Gasteiger partial charge is 0.479 e. The predicted octanol–water partition coefficient (Wildman–Crippen LogP) is 7.80. The van der Waals surface area contributed by atoms with Crippen LogP contribution in [0.3, 0.4) is 0 Å². The fraction of sp³-hybridized carbons (Fsp3) is 0.967. The number of aliphatic carboxylic acids is 1. The highest BCUT2D eigenvalue weighted by Crippen LogP contribution is 2.14. The lowest BCUT2D eigenvalue weighted by atomic mass is 10.0. The lowest BCUT2D eigenvalue weighted by Crippen LogP contribution is -2.22. The Balaban J connectivity index is 0. The Bertz CT molecular complexity index is 403. The predicted molar refractivity (Wildman–Crippen MR) is 153 cm³/mol. The number of aliphatic hydroxyl groups is 1. The van der Waals surface area contributed by atoms with Gasteiger partial charge >= 0.3 is 5.97 Å². The van der Waals surface area contributed by atoms with E-state index in [4.69, 9.17) is 10.2 Å². The minimum Gasteiger partial charge on any atom is -0.479 e. The van der Waals surface area contributed by atoms with Crippen LogP contribution in [0.5, 0.6) is 0 Å². The van der Waals surface area contributed by atoms with Gasteiger partial charge in [0.05, 0.1) is 0 Å². The average Bonchev–Trinajstić information content (AvgIpc) is 2.82. The van der Waals surface area contributed by atoms with Gasteiger partial charge < -0.3 is 20.4 Å². The van der Waals surface area contributed by atoms with Gasteiger partial charge in [-0.2, -0.15) is 0 Å². The van der Waals surface area contributed by atoms with Crippen molar-refractivity contribution in [1.82, 2.24) is 10.2 Å². The smallest absolute Gasteiger partial charge is 0.332 e. The zero-order valence-electron chi connectivity index (χ0n) is 24.3. The Kier molecular flexibility index (Phi) is 32.7. The van der Waals surface area contributed by atoms with E-state index in [1.165, 1.54) is 161 Å². The topological polar surface area (TPSA) is 72.8 Å². The third-order valence-corrected chi connectivity index (χ3v) is 6.52. The van der Waals surface area contributed by atoms with Crippen LogP contribution in [0.15, 0.2) is 0 Å². The summed E-state index contributed by atoms with van der Waals surface area (Å²) in [4.78, 5) is 11.7. The molecule has 1 atom stereocenters. The zero-order valence-corrected chi connectivity index (χ0v) is 24.3. The van der Waals surface area contributed by atoms with Gasteiger partial charge in [-0.05, 0) is 53.5 Å². The summed E-state index contributed by atoms with van der Waals surface area (Å²) in [7, 11) is 4.30. The molecule has 0 heterocycles. The number of rotatable bonds is 26. The molecule has 3 N–H and O–H groups in total. The SMILES string of the molecule is CC(O)C(=O)O.CCCCCCCCCCCCCCCCCCCCCCNCCCN(C)C. The van der Waals surface area contributed by atoms with Crippen molar-refractivity contribution in [3.63, 3.8) is 0 Å². The summed E-state index contributed by atoms with van der Waals surface area (Å²) in [5.74, 6) is -1.19. The number of unbranched alkanes of at least 4 members (excludes halogenated alkanes) is 19. The van der Waals surface area contributed by atoms with Gasteiger partial charge in [-0.1, -0.05) is 129 Å². The molecule has 0 aromatic carbocycles. The number of hydrogen-bond acceptors (Lipinski definition) is 4. The van der Waals surface area contributed by atoms with Gasteiger partial charge in [0.2, 0.25) is 0 Å². The molecule has 5 heteroatoms. The summed E-state index contributed by atoms with van der Waals surface area (Å²) < 4.78 is 0. The zero-order chi connectivity index (χ0) is 26.4. The lowest BCUT2D eigenvalue weighted by molar-refractivity contribution is -0.145. The van der Waals surface area contributed by atoms with Crippen molar-refractivity contribution in [3.8, 4) is 0 Å². The van der Waals surface area contributed by atoms with Crippen LogP contribution < -0.4 is 5.32 Å². The highest BCUT2D eigenvalue weighted by molar-refractivity contribution is 5.71. The standard InChI is InChI=1S/C27H58N2.C3H6O3/c1-4-5-6-7-8-9-10-11-12-13-14-15-16-17-18-19-20-21-22-23-25-28-26-24-27-29(2)3;1-2(4)3(5)6/h28H,4-27H2,1-3H3;2,4H,1H3,(H,5,6). The summed E-state index contributed by atoms with van der Waals surface area (Å²) in [6.45, 7) is 7.09. The van der Waals surface area contributed by atoms with Gasteiger partial charge in [0, 0.05) is 0 Å². The van der Waals surface area contributed by atoms with Gasteiger partial charge in [0.25, 0.3) is 0 Å². The van der Waals surface area contributed by atoms with Gasteiger partial charge in [-0.15, -0.1) is 0 Å². The van der Waals surface area contributed by atoms with Crippen LogP contribution >= 0.6 is 0 Å². The molecule has 0 aliphatic heterocycles. The minimum absolute atomic E-state index is 1.18. The first kappa shape index (κ1) is 36.5. The van der Waals surface area contributed by atoms with Gasteiger partial charge in [0.1, 0.15) is 6.10 Å². The number of hydrogen-bond donors (Lipinski definition) is 3. The first-order valence-corrected chi connectivity index (χ1v) is 15.2. The Hall–Kier alpha value is -0.650. The summed E-state index contributed by atoms with van der Waals surface area (Å²) in [6, 6.07) is 0. The summed E-state index contributed by atoms with van der Waals surface area (Å²) >= 11 is 0. The van der Waals surface area contributed by atoms with Gasteiger partial charge in [-0.25, -0.2) is 4.79 Å². The van der Waals surface area contributed by atoms with Crippen LogP contribution in [0.4, 0.5) is 0 Å². The van der Waals surface area contributed by atoms with Crippen molar-refractivity contribution in [2.24, 2.45) is 0 Å². The normalized spacial score (nSPS) is 11.9. The molecule has 0 radical (unpaired) electrons. The second kappa shape index (κ2) is 31.4. The number of carbonyl (C=O) groups is 1. The first-order chi connectivity index (χ1) is 16.9. The van der Waals surface area contributed by atoms with Crippen molar-refractivity contribution in [2.75, 3.05) is 33.7 Å². The van der Waals surface area contributed by atoms with E-state index in [0.717, 1.165) is 0 Å². The van der Waals surface area contributed by atoms with E-state index in [-0.39, 0.29) is 0 Å². The monoisotopic (exact) mass is 500 g/mol. The van der Waals surface area contributed by atoms with E-state index in [9.17, 15) is 4.79 Å². The maximum atomic E-state index is 9.45. The van der Waals surface area contributed by atoms with Crippen LogP contribution in [0.2, 0.25) is 0 Å². The molecule has 0 aliphatic rings. The fourth-order valence-corrected chi connectivity index (χ4v) is 4.15. The molecule has 212 valence electrons. The van der Waals surface area contributed by atoms with Crippen molar-refractivity contribution >= 4 is 5.97 Å². The van der Waals surface area contributed by atoms with Crippen LogP contribution in [0.1, 0.15) is 149 Å². The molecule has 0 saturated carbocycles. The molecule has 0 aromatic heterocycles. The van der Waals surface area contributed by atoms with Crippen LogP contribution in [-0.4, -0.2) is 60.9 Å². The molecule has 0 aromatic rings. The van der Waals surface area contributed by atoms with E-state index in [1.807, 2.05) is 0 Å². The third-order valence-electron chi connectivity index (χ3n) is 6.52. The Morgan fingerprint density at radius 2 is 0.914 bits per heavy atom. The summed E-state index contributed by atoms with van der Waals surface area (Å²) in [6.07, 6.45) is 29.2. The van der Waals surface area contributed by atoms with Crippen molar-refractivity contribution in [2.45, 2.75) is 155 Å². The van der Waals surface area contributed by atoms with E-state index in [2.05, 4.69) is 31.2 Å². The van der Waals surface area contributed by atoms with Crippen LogP contribution in [0, 0.1) is 0 Å². The molecular formula is C30H64N2O3. The Labute approximate surface area is 219 Å². The van der Waals surface area contributed by atoms with Crippen LogP contribution in [-0.2, 0) is 4.79 Å². The van der Waals surface area contributed by atoms with E-state index in [1.54, 1.807) is 0 Å². The molecular weight excluding hydrogens is 436 g/mol. The first-order valence-electron chi connectivity index (χ1n) is 15.2. The molecule has 0 amide bonds. The Morgan fingerprint density at radius 1 is 0.629 bits per heavy atom. The highest BCUT2D eigenvalue weighted by Gasteiger charge is 2.01. The van der Waals surface area contributed by atoms with Crippen molar-refractivity contribution < 1.29 is 15.0 Å². The number of nitrogens with one attached hydrogen (secondary N) is 1. The lowest BCUT2D eigenvalue weighted by Gasteiger charge is -2.09. The fourth-order valence-electron chi connectivity index (χ4n) is 4.15. The summed E-state index contributed by atoms with van der Waals surface area (Å²) in [5.41, 5.74) is 0. The molecule has 0 aliphatic carbocycles. The molecule has 0 bridgehead atoms. The number of carboxylic acid groups (broad SMARTS) is 1. The quantitative estimate of drug-likeness (QED) is 0.106. The summed E-state index contributed by atoms with van der Waals surface area (Å²) in [5, 5.41) is 19.3. The molecule has 35 heavy (non-hydrogen) atoms. The molecule has 0 fully saturated rings. The second-order valence-electron chi connectivity index (χ2n) is 10.6. The number of nitrogens with zero attached hydrogens (tertiary/aromatic N) is 1. The number of aliphatic hydroxyl groups excluding tert-OH is 1. The molecule has 5 nitrogen and oxygen atoms in total. The average molecular weight is 501 g/mol. The molecule has 0 rings (SSSR count). The van der Waals surface area contributed by atoms with Gasteiger partial charge in [0.15, 0.2) is 0 Å². The minimum atomic E-state index is -1.23. The third kappa shape index (κ3) is 38.1. The van der Waals surface area contributed by atoms with Gasteiger partial charge in [-0.3, -0.25) is 0 Å². The maximum absolute atomic E-state index is 9.45. The molecule has 1 unspecified atom stereocenters. The molecule has 0 spiro atoms. The van der Waals surface area contributed by atoms with Crippen molar-refractivity contribution in [3.05, 3.63) is 0 Å². The highest BCUT2D eigenvalue weighted by atomic mass is 16.4. The van der Waals surface area contributed by atoms with E-state index >= 15 is 0 Å². The van der Waals surface area contributed by atoms with Crippen LogP contribution in [0.25, 0.3) is 0 Å². The van der Waals surface area contributed by atoms with Crippen molar-refractivity contribution in [1.29, 1.82) is 0 Å². The maximum Gasteiger partial charge on any atom is 0.332 e. The second-order valence-corrected chi connectivity index (χ2v) is 10.6. The molecule has 0 saturated heterocycles. The van der Waals surface area contributed by atoms with E-state index in [0.29, 0.717) is 0 Å².